The van der Waals surface area contributed by atoms with E-state index in [1.807, 2.05) is 18.3 Å². The number of rotatable bonds is 6. The Labute approximate surface area is 149 Å². The second-order valence-electron chi connectivity index (χ2n) is 6.98. The van der Waals surface area contributed by atoms with Crippen molar-refractivity contribution in [1.29, 1.82) is 0 Å². The number of amides is 2. The summed E-state index contributed by atoms with van der Waals surface area (Å²) in [4.78, 5) is 23.2. The van der Waals surface area contributed by atoms with Crippen LogP contribution in [0, 0.1) is 0 Å². The van der Waals surface area contributed by atoms with Crippen molar-refractivity contribution in [3.63, 3.8) is 0 Å². The van der Waals surface area contributed by atoms with Gasteiger partial charge in [0.15, 0.2) is 0 Å². The van der Waals surface area contributed by atoms with Gasteiger partial charge < -0.3 is 25.1 Å². The molecule has 2 fully saturated rings. The molecule has 1 aliphatic carbocycles. The van der Waals surface area contributed by atoms with Crippen LogP contribution in [0.1, 0.15) is 24.8 Å². The first-order valence-electron chi connectivity index (χ1n) is 9.21. The normalized spacial score (nSPS) is 18.7. The molecule has 0 aromatic carbocycles. The number of carbonyl (C=O) groups excluding carboxylic acids is 1. The fraction of sp³-hybridized carbons (Fsp3) is 0.667. The number of nitrogens with zero attached hydrogens (tertiary/aromatic N) is 4. The van der Waals surface area contributed by atoms with E-state index in [0.29, 0.717) is 19.1 Å². The van der Waals surface area contributed by atoms with Crippen LogP contribution in [0.25, 0.3) is 0 Å². The van der Waals surface area contributed by atoms with Gasteiger partial charge in [0.25, 0.3) is 0 Å². The third-order valence-corrected chi connectivity index (χ3v) is 4.89. The molecule has 7 nitrogen and oxygen atoms in total. The lowest BCUT2D eigenvalue weighted by Crippen LogP contribution is -2.42. The summed E-state index contributed by atoms with van der Waals surface area (Å²) in [7, 11) is 2.16. The molecule has 2 aliphatic rings. The predicted octanol–water partition coefficient (Wildman–Crippen LogP) is 0.890. The molecule has 0 unspecified atom stereocenters. The van der Waals surface area contributed by atoms with Crippen molar-refractivity contribution < 1.29 is 9.90 Å². The fourth-order valence-corrected chi connectivity index (χ4v) is 3.21. The van der Waals surface area contributed by atoms with E-state index >= 15 is 0 Å². The van der Waals surface area contributed by atoms with Crippen LogP contribution in [0.4, 0.5) is 10.6 Å². The van der Waals surface area contributed by atoms with E-state index in [1.165, 1.54) is 0 Å². The van der Waals surface area contributed by atoms with Gasteiger partial charge in [-0.25, -0.2) is 9.78 Å². The molecule has 7 heteroatoms. The Morgan fingerprint density at radius 2 is 2.16 bits per heavy atom. The van der Waals surface area contributed by atoms with Gasteiger partial charge in [0.2, 0.25) is 0 Å². The average molecular weight is 347 g/mol. The second kappa shape index (κ2) is 8.49. The molecule has 1 aromatic rings. The molecule has 138 valence electrons. The maximum absolute atomic E-state index is 12.2. The highest BCUT2D eigenvalue weighted by Crippen LogP contribution is 2.26. The van der Waals surface area contributed by atoms with Crippen LogP contribution in [0.3, 0.4) is 0 Å². The fourth-order valence-electron chi connectivity index (χ4n) is 3.21. The van der Waals surface area contributed by atoms with E-state index in [4.69, 9.17) is 5.11 Å². The molecule has 1 aliphatic heterocycles. The van der Waals surface area contributed by atoms with E-state index in [9.17, 15) is 4.79 Å². The van der Waals surface area contributed by atoms with Gasteiger partial charge >= 0.3 is 6.03 Å². The minimum Gasteiger partial charge on any atom is -0.395 e. The van der Waals surface area contributed by atoms with Crippen LogP contribution < -0.4 is 10.2 Å². The van der Waals surface area contributed by atoms with Crippen LogP contribution in [-0.4, -0.2) is 78.3 Å². The molecule has 0 atom stereocenters. The first kappa shape index (κ1) is 17.9. The molecule has 1 saturated carbocycles. The largest absolute Gasteiger partial charge is 0.395 e. The third-order valence-electron chi connectivity index (χ3n) is 4.89. The van der Waals surface area contributed by atoms with Crippen LogP contribution in [-0.2, 0) is 6.54 Å². The topological polar surface area (TPSA) is 71.9 Å². The molecule has 25 heavy (non-hydrogen) atoms. The average Bonchev–Trinajstić information content (AvgIpc) is 3.46. The summed E-state index contributed by atoms with van der Waals surface area (Å²) in [6, 6.07) is 4.27. The number of aliphatic hydroxyl groups excluding tert-OH is 1. The van der Waals surface area contributed by atoms with Crippen LogP contribution in [0.5, 0.6) is 0 Å². The van der Waals surface area contributed by atoms with E-state index in [2.05, 4.69) is 27.1 Å². The number of hydrogen-bond acceptors (Lipinski definition) is 5. The van der Waals surface area contributed by atoms with Crippen LogP contribution in [0.2, 0.25) is 0 Å². The maximum Gasteiger partial charge on any atom is 0.317 e. The lowest BCUT2D eigenvalue weighted by atomic mass is 10.2. The first-order valence-corrected chi connectivity index (χ1v) is 9.21. The zero-order valence-corrected chi connectivity index (χ0v) is 15.0. The first-order chi connectivity index (χ1) is 12.2. The number of anilines is 1. The number of pyridine rings is 1. The van der Waals surface area contributed by atoms with E-state index in [-0.39, 0.29) is 12.6 Å². The standard InChI is InChI=1S/C18H29N5O2/c1-21-7-2-8-22(10-9-21)17-6-3-15(13-19-17)14-20-18(25)23(11-12-24)16-4-5-16/h3,6,13,16,24H,2,4-5,7-12,14H2,1H3,(H,20,25). The molecule has 2 N–H and O–H groups in total. The second-order valence-corrected chi connectivity index (χ2v) is 6.98. The van der Waals surface area contributed by atoms with E-state index < -0.39 is 0 Å². The lowest BCUT2D eigenvalue weighted by Gasteiger charge is -2.22. The summed E-state index contributed by atoms with van der Waals surface area (Å²) in [5, 5.41) is 12.0. The minimum atomic E-state index is -0.101. The molecule has 0 spiro atoms. The van der Waals surface area contributed by atoms with Gasteiger partial charge in [0, 0.05) is 45.0 Å². The number of aliphatic hydroxyl groups is 1. The molecule has 2 heterocycles. The molecule has 3 rings (SSSR count). The van der Waals surface area contributed by atoms with Crippen LogP contribution >= 0.6 is 0 Å². The van der Waals surface area contributed by atoms with Gasteiger partial charge in [-0.1, -0.05) is 6.07 Å². The number of carbonyl (C=O) groups is 1. The summed E-state index contributed by atoms with van der Waals surface area (Å²) < 4.78 is 0. The molecule has 2 amide bonds. The number of urea groups is 1. The minimum absolute atomic E-state index is 0.00515. The van der Waals surface area contributed by atoms with Crippen molar-refractivity contribution >= 4 is 11.8 Å². The summed E-state index contributed by atoms with van der Waals surface area (Å²) in [6.07, 6.45) is 5.07. The Morgan fingerprint density at radius 1 is 1.32 bits per heavy atom. The summed E-state index contributed by atoms with van der Waals surface area (Å²) >= 11 is 0. The van der Waals surface area contributed by atoms with Gasteiger partial charge in [-0.3, -0.25) is 0 Å². The Bertz CT molecular complexity index is 561. The Morgan fingerprint density at radius 3 is 2.84 bits per heavy atom. The van der Waals surface area contributed by atoms with Crippen molar-refractivity contribution in [3.05, 3.63) is 23.9 Å². The molecule has 1 saturated heterocycles. The number of aromatic nitrogens is 1. The van der Waals surface area contributed by atoms with Crippen molar-refractivity contribution in [2.24, 2.45) is 0 Å². The van der Waals surface area contributed by atoms with Crippen molar-refractivity contribution in [2.45, 2.75) is 31.8 Å². The SMILES string of the molecule is CN1CCCN(c2ccc(CNC(=O)N(CCO)C3CC3)cn2)CC1. The third kappa shape index (κ3) is 5.06. The van der Waals surface area contributed by atoms with Crippen molar-refractivity contribution in [1.82, 2.24) is 20.1 Å². The Kier molecular flexibility index (Phi) is 6.09. The summed E-state index contributed by atoms with van der Waals surface area (Å²) in [6.45, 7) is 5.08. The van der Waals surface area contributed by atoms with Gasteiger partial charge in [0.1, 0.15) is 5.82 Å². The van der Waals surface area contributed by atoms with Crippen LogP contribution in [0.15, 0.2) is 18.3 Å². The zero-order chi connectivity index (χ0) is 17.6. The highest BCUT2D eigenvalue weighted by Gasteiger charge is 2.31. The quantitative estimate of drug-likeness (QED) is 0.800. The van der Waals surface area contributed by atoms with Crippen molar-refractivity contribution in [3.8, 4) is 0 Å². The van der Waals surface area contributed by atoms with E-state index in [1.54, 1.807) is 4.90 Å². The van der Waals surface area contributed by atoms with E-state index in [0.717, 1.165) is 56.8 Å². The lowest BCUT2D eigenvalue weighted by molar-refractivity contribution is 0.173. The smallest absolute Gasteiger partial charge is 0.317 e. The highest BCUT2D eigenvalue weighted by molar-refractivity contribution is 5.74. The number of likely N-dealkylation sites (N-methyl/N-ethyl adjacent to an activating group) is 1. The summed E-state index contributed by atoms with van der Waals surface area (Å²) in [5.41, 5.74) is 0.990. The molecule has 0 bridgehead atoms. The Hall–Kier alpha value is -1.86. The monoisotopic (exact) mass is 347 g/mol. The molecule has 0 radical (unpaired) electrons. The number of nitrogens with one attached hydrogen (secondary N) is 1. The summed E-state index contributed by atoms with van der Waals surface area (Å²) in [5.74, 6) is 1.00. The maximum atomic E-state index is 12.2. The van der Waals surface area contributed by atoms with Gasteiger partial charge in [-0.05, 0) is 44.5 Å². The molecular weight excluding hydrogens is 318 g/mol. The Balaban J connectivity index is 1.51. The highest BCUT2D eigenvalue weighted by atomic mass is 16.3. The number of hydrogen-bond donors (Lipinski definition) is 2. The van der Waals surface area contributed by atoms with Gasteiger partial charge in [-0.15, -0.1) is 0 Å². The molecule has 1 aromatic heterocycles. The zero-order valence-electron chi connectivity index (χ0n) is 15.0. The van der Waals surface area contributed by atoms with Gasteiger partial charge in [0.05, 0.1) is 6.61 Å². The predicted molar refractivity (Wildman–Crippen MR) is 97.6 cm³/mol. The van der Waals surface area contributed by atoms with Gasteiger partial charge in [-0.2, -0.15) is 0 Å². The molecular formula is C18H29N5O2. The van der Waals surface area contributed by atoms with Crippen molar-refractivity contribution in [2.75, 3.05) is 51.3 Å².